The molecule has 1 heterocycles. The summed E-state index contributed by atoms with van der Waals surface area (Å²) in [5.41, 5.74) is 1.96. The molecule has 90 valence electrons. The summed E-state index contributed by atoms with van der Waals surface area (Å²) in [5, 5.41) is 3.09. The Bertz CT molecular complexity index is 488. The molecule has 6 heteroatoms. The fraction of sp³-hybridized carbons (Fsp3) is 0. The lowest BCUT2D eigenvalue weighted by Crippen LogP contribution is -2.60. The molecule has 0 bridgehead atoms. The van der Waals surface area contributed by atoms with Crippen LogP contribution in [0.15, 0.2) is 47.9 Å². The van der Waals surface area contributed by atoms with E-state index in [1.165, 1.54) is 0 Å². The van der Waals surface area contributed by atoms with Gasteiger partial charge in [-0.2, -0.15) is 14.0 Å². The minimum atomic E-state index is -4.39. The predicted octanol–water partition coefficient (Wildman–Crippen LogP) is -0.503. The van der Waals surface area contributed by atoms with Gasteiger partial charge in [0.15, 0.2) is 0 Å². The van der Waals surface area contributed by atoms with Crippen molar-refractivity contribution in [2.75, 3.05) is 0 Å². The van der Waals surface area contributed by atoms with Crippen molar-refractivity contribution in [3.8, 4) is 0 Å². The van der Waals surface area contributed by atoms with E-state index in [1.807, 2.05) is 30.3 Å². The molecule has 1 aromatic carbocycles. The van der Waals surface area contributed by atoms with Crippen LogP contribution in [0.4, 0.5) is 0 Å². The van der Waals surface area contributed by atoms with E-state index in [1.54, 1.807) is 22.9 Å². The molecule has 1 aliphatic rings. The molecule has 0 aromatic heterocycles. The van der Waals surface area contributed by atoms with E-state index in [0.29, 0.717) is 0 Å². The van der Waals surface area contributed by atoms with E-state index in [-0.39, 0.29) is 0 Å². The monoisotopic (exact) mass is 272 g/mol. The average Bonchev–Trinajstić information content (AvgIpc) is 2.29. The summed E-state index contributed by atoms with van der Waals surface area (Å²) in [6, 6.07) is 9.62. The molecular weight excluding hydrogens is 264 g/mol. The zero-order valence-electron chi connectivity index (χ0n) is 8.62. The Morgan fingerprint density at radius 3 is 2.29 bits per heavy atom. The molecule has 0 amide bonds. The first-order valence-electron chi connectivity index (χ1n) is 4.66. The molecule has 1 unspecified atom stereocenters. The third-order valence-electron chi connectivity index (χ3n) is 2.02. The lowest BCUT2D eigenvalue weighted by Gasteiger charge is -2.13. The lowest BCUT2D eigenvalue weighted by atomic mass is 10.1. The molecule has 2 rings (SSSR count). The van der Waals surface area contributed by atoms with E-state index in [4.69, 9.17) is 0 Å². The van der Waals surface area contributed by atoms with Gasteiger partial charge in [-0.1, -0.05) is 30.3 Å². The number of hydrogen-bond acceptors (Lipinski definition) is 4. The van der Waals surface area contributed by atoms with Gasteiger partial charge >= 0.3 is 0 Å². The second-order valence-corrected chi connectivity index (χ2v) is 5.66. The topological polar surface area (TPSA) is 78.4 Å². The first-order valence-corrected chi connectivity index (χ1v) is 7.17. The number of allylic oxidation sites excluding steroid dienone is 3. The van der Waals surface area contributed by atoms with Gasteiger partial charge in [-0.25, -0.2) is 0 Å². The van der Waals surface area contributed by atoms with Crippen LogP contribution in [0.25, 0.3) is 5.57 Å². The fourth-order valence-corrected chi connectivity index (χ4v) is 3.04. The van der Waals surface area contributed by atoms with E-state index in [2.05, 4.69) is 3.74 Å². The Morgan fingerprint density at radius 1 is 1.06 bits per heavy atom. The number of benzene rings is 1. The highest BCUT2D eigenvalue weighted by Gasteiger charge is 2.20. The van der Waals surface area contributed by atoms with Crippen molar-refractivity contribution < 1.29 is 28.0 Å². The van der Waals surface area contributed by atoms with Crippen molar-refractivity contribution in [1.29, 1.82) is 0 Å². The smallest absolute Gasteiger partial charge is 0.140 e. The quantitative estimate of drug-likeness (QED) is 0.695. The summed E-state index contributed by atoms with van der Waals surface area (Å²) in [6.07, 6.45) is 3.47. The van der Waals surface area contributed by atoms with E-state index >= 15 is 0 Å². The van der Waals surface area contributed by atoms with Crippen LogP contribution in [0.5, 0.6) is 0 Å². The van der Waals surface area contributed by atoms with E-state index in [0.717, 1.165) is 11.1 Å². The highest BCUT2D eigenvalue weighted by atomic mass is 35.7. The molecule has 0 saturated carbocycles. The molecule has 0 radical (unpaired) electrons. The fourth-order valence-electron chi connectivity index (χ4n) is 1.34. The SMILES string of the molecule is [O-][Cl+3]([O-])([O-])OS1=CC=C(c2ccccc2)C=C1. The normalized spacial score (nSPS) is 19.7. The summed E-state index contributed by atoms with van der Waals surface area (Å²) in [7, 11) is -5.49. The molecule has 0 fully saturated rings. The molecule has 1 aromatic rings. The molecule has 0 saturated heterocycles. The van der Waals surface area contributed by atoms with Gasteiger partial charge in [0.1, 0.15) is 14.5 Å². The van der Waals surface area contributed by atoms with Crippen LogP contribution in [-0.2, 0) is 3.74 Å². The Balaban J connectivity index is 2.15. The molecule has 1 atom stereocenters. The standard InChI is InChI=1S/C11H9ClO4S/c13-12(14,15)16-17-8-6-11(7-9-17)10-4-2-1-3-5-10/h1-9H. The van der Waals surface area contributed by atoms with Crippen molar-refractivity contribution in [2.24, 2.45) is 0 Å². The Hall–Kier alpha value is -0.950. The first-order chi connectivity index (χ1) is 8.04. The third-order valence-corrected chi connectivity index (χ3v) is 4.03. The lowest BCUT2D eigenvalue weighted by molar-refractivity contribution is -1.91. The van der Waals surface area contributed by atoms with Gasteiger partial charge in [-0.15, -0.1) is 0 Å². The van der Waals surface area contributed by atoms with Crippen LogP contribution in [0.1, 0.15) is 5.56 Å². The van der Waals surface area contributed by atoms with E-state index < -0.39 is 21.0 Å². The third kappa shape index (κ3) is 3.78. The van der Waals surface area contributed by atoms with Gasteiger partial charge < -0.3 is 0 Å². The van der Waals surface area contributed by atoms with Crippen molar-refractivity contribution in [1.82, 2.24) is 0 Å². The van der Waals surface area contributed by atoms with Gasteiger partial charge in [0.2, 0.25) is 0 Å². The largest absolute Gasteiger partial charge is 0.182 e. The maximum Gasteiger partial charge on any atom is 0.140 e. The minimum absolute atomic E-state index is 0.943. The summed E-state index contributed by atoms with van der Waals surface area (Å²) in [5.74, 6) is 0. The van der Waals surface area contributed by atoms with E-state index in [9.17, 15) is 14.0 Å². The van der Waals surface area contributed by atoms with Crippen LogP contribution in [0, 0.1) is 10.2 Å². The molecule has 0 aliphatic carbocycles. The highest BCUT2D eigenvalue weighted by Crippen LogP contribution is 2.27. The maximum absolute atomic E-state index is 10.4. The average molecular weight is 273 g/mol. The Morgan fingerprint density at radius 2 is 1.76 bits per heavy atom. The van der Waals surface area contributed by atoms with Gasteiger partial charge in [0.05, 0.1) is 10.2 Å². The van der Waals surface area contributed by atoms with Crippen molar-refractivity contribution >= 4 is 21.7 Å². The molecule has 17 heavy (non-hydrogen) atoms. The zero-order chi connectivity index (χ0) is 12.3. The molecule has 1 aliphatic heterocycles. The van der Waals surface area contributed by atoms with Crippen molar-refractivity contribution in [2.45, 2.75) is 0 Å². The zero-order valence-corrected chi connectivity index (χ0v) is 10.2. The Kier molecular flexibility index (Phi) is 3.78. The molecular formula is C11H9ClO4S. The summed E-state index contributed by atoms with van der Waals surface area (Å²) >= 11 is 0. The van der Waals surface area contributed by atoms with Gasteiger partial charge in [0, 0.05) is 10.8 Å². The number of hydrogen-bond donors (Lipinski definition) is 0. The van der Waals surface area contributed by atoms with Gasteiger partial charge in [-0.3, -0.25) is 0 Å². The van der Waals surface area contributed by atoms with Crippen molar-refractivity contribution in [3.05, 3.63) is 53.5 Å². The summed E-state index contributed by atoms with van der Waals surface area (Å²) in [6.45, 7) is 0. The molecule has 0 N–H and O–H groups in total. The highest BCUT2D eigenvalue weighted by molar-refractivity contribution is 8.13. The summed E-state index contributed by atoms with van der Waals surface area (Å²) in [4.78, 5) is 0. The minimum Gasteiger partial charge on any atom is -0.182 e. The first kappa shape index (κ1) is 12.5. The van der Waals surface area contributed by atoms with Crippen LogP contribution in [0.3, 0.4) is 0 Å². The van der Waals surface area contributed by atoms with Crippen LogP contribution in [0.2, 0.25) is 0 Å². The maximum atomic E-state index is 10.4. The second-order valence-electron chi connectivity index (χ2n) is 3.20. The Labute approximate surface area is 103 Å². The van der Waals surface area contributed by atoms with Gasteiger partial charge in [0.25, 0.3) is 0 Å². The molecule has 0 spiro atoms. The summed E-state index contributed by atoms with van der Waals surface area (Å²) < 4.78 is 35.4. The van der Waals surface area contributed by atoms with Crippen LogP contribution >= 0.6 is 10.8 Å². The second kappa shape index (κ2) is 5.14. The predicted molar refractivity (Wildman–Crippen MR) is 58.3 cm³/mol. The van der Waals surface area contributed by atoms with Gasteiger partial charge in [-0.05, 0) is 23.3 Å². The molecule has 4 nitrogen and oxygen atoms in total. The number of halogens is 1. The number of rotatable bonds is 3. The van der Waals surface area contributed by atoms with Crippen molar-refractivity contribution in [3.63, 3.8) is 0 Å². The van der Waals surface area contributed by atoms with Crippen LogP contribution in [-0.4, -0.2) is 5.37 Å². The van der Waals surface area contributed by atoms with Crippen LogP contribution < -0.4 is 14.0 Å².